The molecule has 1 fully saturated rings. The first-order chi connectivity index (χ1) is 9.00. The molecule has 0 saturated heterocycles. The monoisotopic (exact) mass is 259 g/mol. The second kappa shape index (κ2) is 6.09. The van der Waals surface area contributed by atoms with Crippen LogP contribution in [0.15, 0.2) is 18.2 Å². The van der Waals surface area contributed by atoms with Gasteiger partial charge in [0.05, 0.1) is 0 Å². The van der Waals surface area contributed by atoms with Gasteiger partial charge in [-0.15, -0.1) is 0 Å². The molecule has 1 heteroatoms. The van der Waals surface area contributed by atoms with Gasteiger partial charge in [-0.25, -0.2) is 0 Å². The minimum absolute atomic E-state index is 0.492. The van der Waals surface area contributed by atoms with E-state index < -0.39 is 0 Å². The highest BCUT2D eigenvalue weighted by Gasteiger charge is 2.34. The summed E-state index contributed by atoms with van der Waals surface area (Å²) < 4.78 is 0. The van der Waals surface area contributed by atoms with Crippen molar-refractivity contribution in [3.63, 3.8) is 0 Å². The van der Waals surface area contributed by atoms with Crippen molar-refractivity contribution in [1.29, 1.82) is 0 Å². The molecule has 0 heterocycles. The van der Waals surface area contributed by atoms with Crippen LogP contribution in [-0.4, -0.2) is 12.6 Å². The van der Waals surface area contributed by atoms with Crippen LogP contribution < -0.4 is 5.32 Å². The van der Waals surface area contributed by atoms with Crippen molar-refractivity contribution < 1.29 is 0 Å². The van der Waals surface area contributed by atoms with Gasteiger partial charge in [0, 0.05) is 6.04 Å². The van der Waals surface area contributed by atoms with Gasteiger partial charge in [-0.05, 0) is 63.5 Å². The van der Waals surface area contributed by atoms with E-state index in [0.29, 0.717) is 5.41 Å². The summed E-state index contributed by atoms with van der Waals surface area (Å²) in [4.78, 5) is 0. The minimum Gasteiger partial charge on any atom is -0.314 e. The zero-order chi connectivity index (χ0) is 13.9. The van der Waals surface area contributed by atoms with Gasteiger partial charge in [0.25, 0.3) is 0 Å². The van der Waals surface area contributed by atoms with Crippen LogP contribution in [0.4, 0.5) is 0 Å². The van der Waals surface area contributed by atoms with Gasteiger partial charge < -0.3 is 5.32 Å². The van der Waals surface area contributed by atoms with Gasteiger partial charge in [-0.1, -0.05) is 43.2 Å². The van der Waals surface area contributed by atoms with Crippen molar-refractivity contribution in [2.45, 2.75) is 65.8 Å². The van der Waals surface area contributed by atoms with Gasteiger partial charge in [-0.3, -0.25) is 0 Å². The van der Waals surface area contributed by atoms with Crippen molar-refractivity contribution in [2.24, 2.45) is 5.41 Å². The van der Waals surface area contributed by atoms with Crippen molar-refractivity contribution in [3.8, 4) is 0 Å². The van der Waals surface area contributed by atoms with E-state index in [0.717, 1.165) is 6.04 Å². The zero-order valence-corrected chi connectivity index (χ0v) is 13.1. The van der Waals surface area contributed by atoms with E-state index in [1.165, 1.54) is 55.3 Å². The summed E-state index contributed by atoms with van der Waals surface area (Å²) in [6.07, 6.45) is 6.52. The Kier molecular flexibility index (Phi) is 4.67. The SMILES string of the molecule is CCCNC1CCC(C)(Cc2cc(C)cc(C)c2)C1. The van der Waals surface area contributed by atoms with Crippen molar-refractivity contribution >= 4 is 0 Å². The first-order valence-corrected chi connectivity index (χ1v) is 7.81. The molecular formula is C18H29N. The molecule has 0 spiro atoms. The molecule has 1 aliphatic rings. The molecule has 19 heavy (non-hydrogen) atoms. The fourth-order valence-corrected chi connectivity index (χ4v) is 3.67. The van der Waals surface area contributed by atoms with Gasteiger partial charge >= 0.3 is 0 Å². The molecule has 1 aromatic carbocycles. The van der Waals surface area contributed by atoms with Gasteiger partial charge in [-0.2, -0.15) is 0 Å². The molecule has 1 aliphatic carbocycles. The van der Waals surface area contributed by atoms with E-state index in [4.69, 9.17) is 0 Å². The van der Waals surface area contributed by atoms with Crippen molar-refractivity contribution in [1.82, 2.24) is 5.32 Å². The van der Waals surface area contributed by atoms with E-state index in [9.17, 15) is 0 Å². The van der Waals surface area contributed by atoms with E-state index >= 15 is 0 Å². The molecular weight excluding hydrogens is 230 g/mol. The third-order valence-corrected chi connectivity index (χ3v) is 4.43. The predicted molar refractivity (Wildman–Crippen MR) is 83.7 cm³/mol. The number of rotatable bonds is 5. The molecule has 1 N–H and O–H groups in total. The quantitative estimate of drug-likeness (QED) is 0.826. The topological polar surface area (TPSA) is 12.0 Å². The summed E-state index contributed by atoms with van der Waals surface area (Å²) >= 11 is 0. The molecule has 0 radical (unpaired) electrons. The van der Waals surface area contributed by atoms with Crippen LogP contribution >= 0.6 is 0 Å². The predicted octanol–water partition coefficient (Wildman–Crippen LogP) is 4.40. The zero-order valence-electron chi connectivity index (χ0n) is 13.1. The third kappa shape index (κ3) is 4.07. The van der Waals surface area contributed by atoms with Crippen LogP contribution in [-0.2, 0) is 6.42 Å². The standard InChI is InChI=1S/C18H29N/c1-5-8-19-17-6-7-18(4,13-17)12-16-10-14(2)9-15(3)11-16/h9-11,17,19H,5-8,12-13H2,1-4H3. The third-order valence-electron chi connectivity index (χ3n) is 4.43. The lowest BCUT2D eigenvalue weighted by Crippen LogP contribution is -2.28. The summed E-state index contributed by atoms with van der Waals surface area (Å²) in [7, 11) is 0. The van der Waals surface area contributed by atoms with E-state index in [1.54, 1.807) is 0 Å². The van der Waals surface area contributed by atoms with Gasteiger partial charge in [0.15, 0.2) is 0 Å². The first kappa shape index (κ1) is 14.6. The molecule has 2 rings (SSSR count). The molecule has 0 aromatic heterocycles. The molecule has 0 amide bonds. The normalized spacial score (nSPS) is 26.8. The summed E-state index contributed by atoms with van der Waals surface area (Å²) in [5.74, 6) is 0. The maximum Gasteiger partial charge on any atom is 0.00725 e. The summed E-state index contributed by atoms with van der Waals surface area (Å²) in [6.45, 7) is 10.3. The fourth-order valence-electron chi connectivity index (χ4n) is 3.67. The van der Waals surface area contributed by atoms with Crippen LogP contribution in [0.2, 0.25) is 0 Å². The molecule has 2 unspecified atom stereocenters. The Morgan fingerprint density at radius 1 is 1.21 bits per heavy atom. The molecule has 1 aromatic rings. The molecule has 0 bridgehead atoms. The number of aryl methyl sites for hydroxylation is 2. The van der Waals surface area contributed by atoms with Crippen molar-refractivity contribution in [3.05, 3.63) is 34.9 Å². The highest BCUT2D eigenvalue weighted by atomic mass is 14.9. The minimum atomic E-state index is 0.492. The Morgan fingerprint density at radius 2 is 1.89 bits per heavy atom. The Morgan fingerprint density at radius 3 is 2.53 bits per heavy atom. The largest absolute Gasteiger partial charge is 0.314 e. The smallest absolute Gasteiger partial charge is 0.00725 e. The Labute approximate surface area is 118 Å². The second-order valence-corrected chi connectivity index (χ2v) is 6.88. The van der Waals surface area contributed by atoms with E-state index in [-0.39, 0.29) is 0 Å². The first-order valence-electron chi connectivity index (χ1n) is 7.81. The maximum atomic E-state index is 3.69. The summed E-state index contributed by atoms with van der Waals surface area (Å²) in [6, 6.07) is 7.75. The molecule has 2 atom stereocenters. The lowest BCUT2D eigenvalue weighted by Gasteiger charge is -2.25. The summed E-state index contributed by atoms with van der Waals surface area (Å²) in [5, 5.41) is 3.69. The Bertz CT molecular complexity index is 403. The molecule has 0 aliphatic heterocycles. The van der Waals surface area contributed by atoms with Gasteiger partial charge in [0.2, 0.25) is 0 Å². The molecule has 1 nitrogen and oxygen atoms in total. The number of nitrogens with one attached hydrogen (secondary N) is 1. The van der Waals surface area contributed by atoms with Crippen LogP contribution in [0.5, 0.6) is 0 Å². The van der Waals surface area contributed by atoms with E-state index in [2.05, 4.69) is 51.2 Å². The van der Waals surface area contributed by atoms with E-state index in [1.807, 2.05) is 0 Å². The highest BCUT2D eigenvalue weighted by molar-refractivity contribution is 5.29. The number of benzene rings is 1. The number of hydrogen-bond donors (Lipinski definition) is 1. The van der Waals surface area contributed by atoms with Crippen molar-refractivity contribution in [2.75, 3.05) is 6.54 Å². The highest BCUT2D eigenvalue weighted by Crippen LogP contribution is 2.40. The Balaban J connectivity index is 1.98. The van der Waals surface area contributed by atoms with Crippen LogP contribution in [0.3, 0.4) is 0 Å². The number of hydrogen-bond acceptors (Lipinski definition) is 1. The van der Waals surface area contributed by atoms with Gasteiger partial charge in [0.1, 0.15) is 0 Å². The maximum absolute atomic E-state index is 3.69. The second-order valence-electron chi connectivity index (χ2n) is 6.88. The average Bonchev–Trinajstić information content (AvgIpc) is 2.66. The van der Waals surface area contributed by atoms with Crippen LogP contribution in [0.25, 0.3) is 0 Å². The lowest BCUT2D eigenvalue weighted by atomic mass is 9.81. The average molecular weight is 259 g/mol. The lowest BCUT2D eigenvalue weighted by molar-refractivity contribution is 0.322. The van der Waals surface area contributed by atoms with Crippen LogP contribution in [0.1, 0.15) is 56.2 Å². The Hall–Kier alpha value is -0.820. The fraction of sp³-hybridized carbons (Fsp3) is 0.667. The summed E-state index contributed by atoms with van der Waals surface area (Å²) in [5.41, 5.74) is 4.82. The van der Waals surface area contributed by atoms with Crippen LogP contribution in [0, 0.1) is 19.3 Å². The molecule has 1 saturated carbocycles. The molecule has 106 valence electrons.